The van der Waals surface area contributed by atoms with Crippen molar-refractivity contribution in [2.24, 2.45) is 5.73 Å². The quantitative estimate of drug-likeness (QED) is 0.754. The molecule has 0 spiro atoms. The molecule has 2 aromatic rings. The highest BCUT2D eigenvalue weighted by Crippen LogP contribution is 2.19. The van der Waals surface area contributed by atoms with Crippen LogP contribution in [0.2, 0.25) is 0 Å². The van der Waals surface area contributed by atoms with Crippen LogP contribution in [0, 0.1) is 0 Å². The number of H-pyrrole nitrogens is 1. The minimum atomic E-state index is 0.632. The normalized spacial score (nSPS) is 10.4. The number of nitrogens with one attached hydrogen (secondary N) is 1. The van der Waals surface area contributed by atoms with Gasteiger partial charge < -0.3 is 5.73 Å². The fourth-order valence-corrected chi connectivity index (χ4v) is 1.42. The lowest BCUT2D eigenvalue weighted by Gasteiger charge is -2.00. The lowest BCUT2D eigenvalue weighted by atomic mass is 10.1. The molecule has 0 atom stereocenters. The number of rotatable bonds is 3. The Bertz CT molecular complexity index is 394. The Kier molecular flexibility index (Phi) is 2.55. The summed E-state index contributed by atoms with van der Waals surface area (Å²) in [6, 6.07) is 3.91. The van der Waals surface area contributed by atoms with E-state index in [9.17, 15) is 0 Å². The van der Waals surface area contributed by atoms with Gasteiger partial charge in [-0.15, -0.1) is 0 Å². The molecule has 0 aromatic carbocycles. The number of pyridine rings is 1. The third-order valence-corrected chi connectivity index (χ3v) is 2.08. The van der Waals surface area contributed by atoms with E-state index in [-0.39, 0.29) is 0 Å². The van der Waals surface area contributed by atoms with Gasteiger partial charge in [-0.05, 0) is 30.7 Å². The zero-order chi connectivity index (χ0) is 9.80. The van der Waals surface area contributed by atoms with E-state index >= 15 is 0 Å². The first-order valence-electron chi connectivity index (χ1n) is 4.54. The molecule has 0 aliphatic carbocycles. The summed E-state index contributed by atoms with van der Waals surface area (Å²) in [5, 5.41) is 6.97. The lowest BCUT2D eigenvalue weighted by Crippen LogP contribution is -2.02. The van der Waals surface area contributed by atoms with Crippen molar-refractivity contribution in [1.82, 2.24) is 15.2 Å². The van der Waals surface area contributed by atoms with Crippen LogP contribution in [-0.4, -0.2) is 21.7 Å². The van der Waals surface area contributed by atoms with Gasteiger partial charge in [-0.3, -0.25) is 10.1 Å². The van der Waals surface area contributed by atoms with Gasteiger partial charge in [0.1, 0.15) is 0 Å². The van der Waals surface area contributed by atoms with E-state index in [0.29, 0.717) is 6.54 Å². The van der Waals surface area contributed by atoms with E-state index in [1.54, 1.807) is 6.20 Å². The minimum absolute atomic E-state index is 0.632. The second-order valence-electron chi connectivity index (χ2n) is 3.05. The Labute approximate surface area is 82.2 Å². The summed E-state index contributed by atoms with van der Waals surface area (Å²) in [5.41, 5.74) is 8.72. The van der Waals surface area contributed by atoms with E-state index in [0.717, 1.165) is 23.2 Å². The molecular weight excluding hydrogens is 176 g/mol. The third kappa shape index (κ3) is 1.65. The predicted octanol–water partition coefficient (Wildman–Crippen LogP) is 0.973. The molecule has 0 bridgehead atoms. The molecule has 3 N–H and O–H groups in total. The minimum Gasteiger partial charge on any atom is -0.330 e. The van der Waals surface area contributed by atoms with Crippen molar-refractivity contribution in [1.29, 1.82) is 0 Å². The van der Waals surface area contributed by atoms with Gasteiger partial charge in [0, 0.05) is 18.0 Å². The van der Waals surface area contributed by atoms with Crippen molar-refractivity contribution >= 4 is 0 Å². The summed E-state index contributed by atoms with van der Waals surface area (Å²) < 4.78 is 0. The molecule has 4 nitrogen and oxygen atoms in total. The second-order valence-corrected chi connectivity index (χ2v) is 3.05. The molecule has 0 aliphatic heterocycles. The largest absolute Gasteiger partial charge is 0.330 e. The van der Waals surface area contributed by atoms with Crippen LogP contribution in [-0.2, 0) is 6.42 Å². The monoisotopic (exact) mass is 188 g/mol. The maximum atomic E-state index is 5.51. The average molecular weight is 188 g/mol. The maximum Gasteiger partial charge on any atom is 0.0698 e. The Hall–Kier alpha value is -1.68. The molecule has 0 saturated carbocycles. The number of hydrogen-bond donors (Lipinski definition) is 2. The fraction of sp³-hybridized carbons (Fsp3) is 0.200. The Morgan fingerprint density at radius 1 is 1.36 bits per heavy atom. The lowest BCUT2D eigenvalue weighted by molar-refractivity contribution is 0.971. The topological polar surface area (TPSA) is 67.6 Å². The van der Waals surface area contributed by atoms with Gasteiger partial charge in [-0.25, -0.2) is 0 Å². The standard InChI is InChI=1S/C10H12N4/c11-4-3-9-7-13-14-10(9)8-2-1-5-12-6-8/h1-2,5-7H,3-4,11H2,(H,13,14). The summed E-state index contributed by atoms with van der Waals surface area (Å²) >= 11 is 0. The van der Waals surface area contributed by atoms with Crippen LogP contribution in [0.5, 0.6) is 0 Å². The zero-order valence-electron chi connectivity index (χ0n) is 7.77. The van der Waals surface area contributed by atoms with Crippen molar-refractivity contribution in [3.63, 3.8) is 0 Å². The molecule has 4 heteroatoms. The van der Waals surface area contributed by atoms with E-state index in [2.05, 4.69) is 15.2 Å². The summed E-state index contributed by atoms with van der Waals surface area (Å²) in [4.78, 5) is 4.06. The summed E-state index contributed by atoms with van der Waals surface area (Å²) in [5.74, 6) is 0. The number of hydrogen-bond acceptors (Lipinski definition) is 3. The number of aromatic amines is 1. The SMILES string of the molecule is NCCc1cn[nH]c1-c1cccnc1. The van der Waals surface area contributed by atoms with Crippen LogP contribution < -0.4 is 5.73 Å². The molecule has 0 amide bonds. The Balaban J connectivity index is 2.37. The van der Waals surface area contributed by atoms with Crippen LogP contribution in [0.15, 0.2) is 30.7 Å². The van der Waals surface area contributed by atoms with Gasteiger partial charge in [-0.1, -0.05) is 0 Å². The molecule has 0 radical (unpaired) electrons. The van der Waals surface area contributed by atoms with Gasteiger partial charge >= 0.3 is 0 Å². The first kappa shape index (κ1) is 8.90. The molecule has 2 rings (SSSR count). The van der Waals surface area contributed by atoms with Gasteiger partial charge in [0.2, 0.25) is 0 Å². The molecule has 0 fully saturated rings. The van der Waals surface area contributed by atoms with Crippen molar-refractivity contribution in [2.75, 3.05) is 6.54 Å². The number of aromatic nitrogens is 3. The van der Waals surface area contributed by atoms with Crippen molar-refractivity contribution in [3.05, 3.63) is 36.3 Å². The van der Waals surface area contributed by atoms with Gasteiger partial charge in [0.05, 0.1) is 11.9 Å². The first-order valence-corrected chi connectivity index (χ1v) is 4.54. The summed E-state index contributed by atoms with van der Waals surface area (Å²) in [6.07, 6.45) is 6.21. The van der Waals surface area contributed by atoms with Crippen LogP contribution in [0.25, 0.3) is 11.3 Å². The maximum absolute atomic E-state index is 5.51. The molecule has 14 heavy (non-hydrogen) atoms. The molecular formula is C10H12N4. The summed E-state index contributed by atoms with van der Waals surface area (Å²) in [7, 11) is 0. The van der Waals surface area contributed by atoms with E-state index < -0.39 is 0 Å². The molecule has 2 heterocycles. The zero-order valence-corrected chi connectivity index (χ0v) is 7.77. The molecule has 2 aromatic heterocycles. The Morgan fingerprint density at radius 3 is 3.00 bits per heavy atom. The third-order valence-electron chi connectivity index (χ3n) is 2.08. The summed E-state index contributed by atoms with van der Waals surface area (Å²) in [6.45, 7) is 0.632. The molecule has 0 saturated heterocycles. The van der Waals surface area contributed by atoms with E-state index in [1.807, 2.05) is 24.5 Å². The van der Waals surface area contributed by atoms with E-state index in [4.69, 9.17) is 5.73 Å². The highest BCUT2D eigenvalue weighted by atomic mass is 15.1. The highest BCUT2D eigenvalue weighted by molar-refractivity contribution is 5.61. The smallest absolute Gasteiger partial charge is 0.0698 e. The predicted molar refractivity (Wildman–Crippen MR) is 54.6 cm³/mol. The molecule has 0 aliphatic rings. The van der Waals surface area contributed by atoms with Gasteiger partial charge in [0.15, 0.2) is 0 Å². The van der Waals surface area contributed by atoms with Crippen LogP contribution >= 0.6 is 0 Å². The van der Waals surface area contributed by atoms with Crippen LogP contribution in [0.4, 0.5) is 0 Å². The van der Waals surface area contributed by atoms with Crippen molar-refractivity contribution in [3.8, 4) is 11.3 Å². The number of nitrogens with zero attached hydrogens (tertiary/aromatic N) is 2. The Morgan fingerprint density at radius 2 is 2.29 bits per heavy atom. The van der Waals surface area contributed by atoms with Gasteiger partial charge in [-0.2, -0.15) is 5.10 Å². The highest BCUT2D eigenvalue weighted by Gasteiger charge is 2.05. The van der Waals surface area contributed by atoms with E-state index in [1.165, 1.54) is 0 Å². The first-order chi connectivity index (χ1) is 6.92. The van der Waals surface area contributed by atoms with Crippen LogP contribution in [0.3, 0.4) is 0 Å². The number of nitrogens with two attached hydrogens (primary N) is 1. The van der Waals surface area contributed by atoms with Crippen molar-refractivity contribution < 1.29 is 0 Å². The fourth-order valence-electron chi connectivity index (χ4n) is 1.42. The van der Waals surface area contributed by atoms with Gasteiger partial charge in [0.25, 0.3) is 0 Å². The van der Waals surface area contributed by atoms with Crippen LogP contribution in [0.1, 0.15) is 5.56 Å². The van der Waals surface area contributed by atoms with Crippen molar-refractivity contribution in [2.45, 2.75) is 6.42 Å². The molecule has 0 unspecified atom stereocenters. The second kappa shape index (κ2) is 4.02. The molecule has 72 valence electrons. The average Bonchev–Trinajstić information content (AvgIpc) is 2.68.